The van der Waals surface area contributed by atoms with E-state index in [1.807, 2.05) is 17.4 Å². The van der Waals surface area contributed by atoms with Gasteiger partial charge in [-0.15, -0.1) is 11.3 Å². The van der Waals surface area contributed by atoms with Gasteiger partial charge in [-0.3, -0.25) is 9.80 Å². The molecule has 4 nitrogen and oxygen atoms in total. The van der Waals surface area contributed by atoms with Gasteiger partial charge in [0.25, 0.3) is 0 Å². The van der Waals surface area contributed by atoms with Crippen LogP contribution in [0.3, 0.4) is 0 Å². The summed E-state index contributed by atoms with van der Waals surface area (Å²) in [5, 5.41) is 2.13. The van der Waals surface area contributed by atoms with Crippen molar-refractivity contribution in [2.45, 2.75) is 13.1 Å². The second-order valence-corrected chi connectivity index (χ2v) is 7.32. The van der Waals surface area contributed by atoms with Crippen LogP contribution in [-0.4, -0.2) is 41.0 Å². The molecule has 130 valence electrons. The van der Waals surface area contributed by atoms with E-state index in [-0.39, 0.29) is 5.82 Å². The van der Waals surface area contributed by atoms with Crippen LogP contribution in [-0.2, 0) is 13.1 Å². The zero-order valence-electron chi connectivity index (χ0n) is 13.9. The molecule has 0 saturated carbocycles. The maximum absolute atomic E-state index is 13.3. The van der Waals surface area contributed by atoms with Crippen LogP contribution in [0.15, 0.2) is 52.5 Å². The second kappa shape index (κ2) is 7.47. The summed E-state index contributed by atoms with van der Waals surface area (Å²) in [6, 6.07) is 10.6. The fourth-order valence-corrected chi connectivity index (χ4v) is 3.84. The highest BCUT2D eigenvalue weighted by atomic mass is 32.1. The van der Waals surface area contributed by atoms with Crippen molar-refractivity contribution in [2.75, 3.05) is 26.2 Å². The maximum atomic E-state index is 13.3. The highest BCUT2D eigenvalue weighted by Gasteiger charge is 2.19. The first-order valence-corrected chi connectivity index (χ1v) is 9.32. The molecule has 1 aromatic carbocycles. The number of hydrogen-bond acceptors (Lipinski definition) is 5. The van der Waals surface area contributed by atoms with E-state index in [9.17, 15) is 4.39 Å². The van der Waals surface area contributed by atoms with E-state index in [0.717, 1.165) is 45.0 Å². The molecule has 3 heterocycles. The number of oxazole rings is 1. The van der Waals surface area contributed by atoms with Gasteiger partial charge in [0.2, 0.25) is 5.89 Å². The molecule has 6 heteroatoms. The lowest BCUT2D eigenvalue weighted by atomic mass is 10.2. The Balaban J connectivity index is 1.32. The van der Waals surface area contributed by atoms with Gasteiger partial charge in [0, 0.05) is 49.7 Å². The highest BCUT2D eigenvalue weighted by Crippen LogP contribution is 2.20. The summed E-state index contributed by atoms with van der Waals surface area (Å²) in [7, 11) is 0. The smallest absolute Gasteiger partial charge is 0.226 e. The lowest BCUT2D eigenvalue weighted by Gasteiger charge is -2.33. The quantitative estimate of drug-likeness (QED) is 0.694. The number of benzene rings is 1. The maximum Gasteiger partial charge on any atom is 0.226 e. The third-order valence-corrected chi connectivity index (χ3v) is 5.29. The first-order valence-electron chi connectivity index (χ1n) is 8.44. The minimum Gasteiger partial charge on any atom is -0.444 e. The molecule has 0 atom stereocenters. The summed E-state index contributed by atoms with van der Waals surface area (Å²) < 4.78 is 18.8. The lowest BCUT2D eigenvalue weighted by Crippen LogP contribution is -2.45. The Morgan fingerprint density at radius 1 is 1.04 bits per heavy atom. The van der Waals surface area contributed by atoms with Crippen molar-refractivity contribution in [1.29, 1.82) is 0 Å². The molecule has 0 unspecified atom stereocenters. The second-order valence-electron chi connectivity index (χ2n) is 6.29. The van der Waals surface area contributed by atoms with E-state index in [0.29, 0.717) is 11.5 Å². The predicted molar refractivity (Wildman–Crippen MR) is 96.8 cm³/mol. The standard InChI is InChI=1S/C19H20FN3OS/c20-16-4-1-3-15(11-16)19-21-17(14-24-19)12-22-6-8-23(9-7-22)13-18-5-2-10-25-18/h1-5,10-11,14H,6-9,12-13H2. The van der Waals surface area contributed by atoms with Crippen molar-refractivity contribution < 1.29 is 8.81 Å². The Morgan fingerprint density at radius 2 is 1.84 bits per heavy atom. The van der Waals surface area contributed by atoms with Crippen molar-refractivity contribution >= 4 is 11.3 Å². The molecule has 1 aliphatic rings. The molecular weight excluding hydrogens is 337 g/mol. The van der Waals surface area contributed by atoms with E-state index in [2.05, 4.69) is 32.3 Å². The SMILES string of the molecule is Fc1cccc(-c2nc(CN3CCN(Cc4cccs4)CC3)co2)c1. The zero-order chi connectivity index (χ0) is 17.1. The minimum atomic E-state index is -0.279. The molecule has 0 radical (unpaired) electrons. The van der Waals surface area contributed by atoms with Crippen LogP contribution in [0, 0.1) is 5.82 Å². The van der Waals surface area contributed by atoms with Crippen molar-refractivity contribution in [3.8, 4) is 11.5 Å². The number of thiophene rings is 1. The van der Waals surface area contributed by atoms with Crippen LogP contribution in [0.2, 0.25) is 0 Å². The lowest BCUT2D eigenvalue weighted by molar-refractivity contribution is 0.122. The zero-order valence-corrected chi connectivity index (χ0v) is 14.7. The van der Waals surface area contributed by atoms with Crippen molar-refractivity contribution in [3.05, 3.63) is 64.4 Å². The van der Waals surface area contributed by atoms with Crippen molar-refractivity contribution in [3.63, 3.8) is 0 Å². The normalized spacial score (nSPS) is 16.4. The number of rotatable bonds is 5. The van der Waals surface area contributed by atoms with Gasteiger partial charge in [0.1, 0.15) is 12.1 Å². The summed E-state index contributed by atoms with van der Waals surface area (Å²) in [6.07, 6.45) is 1.68. The van der Waals surface area contributed by atoms with Crippen molar-refractivity contribution in [1.82, 2.24) is 14.8 Å². The Bertz CT molecular complexity index is 810. The third kappa shape index (κ3) is 4.15. The molecule has 1 saturated heterocycles. The van der Waals surface area contributed by atoms with E-state index in [1.54, 1.807) is 12.3 Å². The summed E-state index contributed by atoms with van der Waals surface area (Å²) >= 11 is 1.82. The van der Waals surface area contributed by atoms with E-state index < -0.39 is 0 Å². The topological polar surface area (TPSA) is 32.5 Å². The molecule has 25 heavy (non-hydrogen) atoms. The van der Waals surface area contributed by atoms with E-state index in [1.165, 1.54) is 17.0 Å². The number of hydrogen-bond donors (Lipinski definition) is 0. The molecule has 0 aliphatic carbocycles. The summed E-state index contributed by atoms with van der Waals surface area (Å²) in [5.74, 6) is 0.199. The first kappa shape index (κ1) is 16.4. The number of piperazine rings is 1. The molecule has 0 amide bonds. The van der Waals surface area contributed by atoms with Crippen LogP contribution in [0.4, 0.5) is 4.39 Å². The third-order valence-electron chi connectivity index (χ3n) is 4.43. The average molecular weight is 357 g/mol. The van der Waals surface area contributed by atoms with Gasteiger partial charge in [-0.1, -0.05) is 12.1 Å². The van der Waals surface area contributed by atoms with Gasteiger partial charge in [-0.2, -0.15) is 0 Å². The monoisotopic (exact) mass is 357 g/mol. The van der Waals surface area contributed by atoms with Gasteiger partial charge >= 0.3 is 0 Å². The Morgan fingerprint density at radius 3 is 2.56 bits per heavy atom. The molecule has 1 fully saturated rings. The van der Waals surface area contributed by atoms with Crippen LogP contribution in [0.5, 0.6) is 0 Å². The molecule has 2 aromatic heterocycles. The van der Waals surface area contributed by atoms with Gasteiger partial charge in [0.05, 0.1) is 5.69 Å². The largest absolute Gasteiger partial charge is 0.444 e. The average Bonchev–Trinajstić information content (AvgIpc) is 3.29. The van der Waals surface area contributed by atoms with Gasteiger partial charge < -0.3 is 4.42 Å². The minimum absolute atomic E-state index is 0.279. The van der Waals surface area contributed by atoms with Gasteiger partial charge in [0.15, 0.2) is 0 Å². The fourth-order valence-electron chi connectivity index (χ4n) is 3.09. The predicted octanol–water partition coefficient (Wildman–Crippen LogP) is 3.86. The van der Waals surface area contributed by atoms with Gasteiger partial charge in [-0.25, -0.2) is 9.37 Å². The Kier molecular flexibility index (Phi) is 4.92. The molecule has 1 aliphatic heterocycles. The molecule has 4 rings (SSSR count). The van der Waals surface area contributed by atoms with Gasteiger partial charge in [-0.05, 0) is 29.6 Å². The summed E-state index contributed by atoms with van der Waals surface area (Å²) in [4.78, 5) is 10.8. The summed E-state index contributed by atoms with van der Waals surface area (Å²) in [6.45, 7) is 5.98. The summed E-state index contributed by atoms with van der Waals surface area (Å²) in [5.41, 5.74) is 1.57. The fraction of sp³-hybridized carbons (Fsp3) is 0.316. The molecular formula is C19H20FN3OS. The number of nitrogens with zero attached hydrogens (tertiary/aromatic N) is 3. The molecule has 0 spiro atoms. The highest BCUT2D eigenvalue weighted by molar-refractivity contribution is 7.09. The molecule has 3 aromatic rings. The van der Waals surface area contributed by atoms with Crippen LogP contribution < -0.4 is 0 Å². The Hall–Kier alpha value is -2.02. The van der Waals surface area contributed by atoms with E-state index in [4.69, 9.17) is 4.42 Å². The van der Waals surface area contributed by atoms with Crippen molar-refractivity contribution in [2.24, 2.45) is 0 Å². The molecule has 0 bridgehead atoms. The van der Waals surface area contributed by atoms with Crippen LogP contribution >= 0.6 is 11.3 Å². The van der Waals surface area contributed by atoms with E-state index >= 15 is 0 Å². The molecule has 0 N–H and O–H groups in total. The first-order chi connectivity index (χ1) is 12.3. The number of halogens is 1. The Labute approximate surface area is 150 Å². The van der Waals surface area contributed by atoms with Crippen LogP contribution in [0.1, 0.15) is 10.6 Å². The number of aromatic nitrogens is 1. The van der Waals surface area contributed by atoms with Crippen LogP contribution in [0.25, 0.3) is 11.5 Å².